The number of hydrogen-bond acceptors (Lipinski definition) is 5. The third kappa shape index (κ3) is 5.16. The SMILES string of the molecule is COCCn1ccnc1CN1CCCC(CNC(=O)c2ccc(C)s2)C1. The molecule has 1 saturated heterocycles. The number of carbonyl (C=O) groups excluding carboxylic acids is 1. The van der Waals surface area contributed by atoms with E-state index in [4.69, 9.17) is 4.74 Å². The first kappa shape index (κ1) is 19.1. The zero-order valence-electron chi connectivity index (χ0n) is 15.6. The summed E-state index contributed by atoms with van der Waals surface area (Å²) in [4.78, 5) is 21.2. The van der Waals surface area contributed by atoms with Crippen LogP contribution in [0.1, 0.15) is 33.2 Å². The quantitative estimate of drug-likeness (QED) is 0.769. The van der Waals surface area contributed by atoms with E-state index in [-0.39, 0.29) is 5.91 Å². The average Bonchev–Trinajstić information content (AvgIpc) is 3.27. The Balaban J connectivity index is 1.48. The van der Waals surface area contributed by atoms with E-state index in [0.717, 1.165) is 49.8 Å². The first-order valence-corrected chi connectivity index (χ1v) is 10.0. The number of thiophene rings is 1. The molecule has 0 bridgehead atoms. The first-order valence-electron chi connectivity index (χ1n) is 9.21. The molecule has 1 aliphatic rings. The number of rotatable bonds is 8. The Morgan fingerprint density at radius 3 is 3.12 bits per heavy atom. The molecule has 26 heavy (non-hydrogen) atoms. The van der Waals surface area contributed by atoms with Gasteiger partial charge in [-0.1, -0.05) is 0 Å². The highest BCUT2D eigenvalue weighted by atomic mass is 32.1. The van der Waals surface area contributed by atoms with Gasteiger partial charge in [0.05, 0.1) is 18.0 Å². The normalized spacial score (nSPS) is 18.2. The number of methoxy groups -OCH3 is 1. The summed E-state index contributed by atoms with van der Waals surface area (Å²) < 4.78 is 7.33. The molecule has 142 valence electrons. The average molecular weight is 377 g/mol. The van der Waals surface area contributed by atoms with Crippen LogP contribution in [-0.4, -0.2) is 53.7 Å². The minimum Gasteiger partial charge on any atom is -0.383 e. The molecular weight excluding hydrogens is 348 g/mol. The van der Waals surface area contributed by atoms with Crippen LogP contribution in [0, 0.1) is 12.8 Å². The molecule has 2 aromatic rings. The summed E-state index contributed by atoms with van der Waals surface area (Å²) in [7, 11) is 1.72. The molecule has 2 aromatic heterocycles. The molecular formula is C19H28N4O2S. The van der Waals surface area contributed by atoms with Crippen molar-refractivity contribution < 1.29 is 9.53 Å². The van der Waals surface area contributed by atoms with E-state index in [0.29, 0.717) is 12.5 Å². The molecule has 3 rings (SSSR count). The van der Waals surface area contributed by atoms with Crippen LogP contribution in [0.25, 0.3) is 0 Å². The van der Waals surface area contributed by atoms with E-state index < -0.39 is 0 Å². The van der Waals surface area contributed by atoms with Crippen molar-refractivity contribution in [1.29, 1.82) is 0 Å². The van der Waals surface area contributed by atoms with Gasteiger partial charge >= 0.3 is 0 Å². The van der Waals surface area contributed by atoms with Gasteiger partial charge in [0.15, 0.2) is 0 Å². The highest BCUT2D eigenvalue weighted by Crippen LogP contribution is 2.19. The van der Waals surface area contributed by atoms with E-state index in [1.165, 1.54) is 11.3 Å². The molecule has 1 aliphatic heterocycles. The zero-order chi connectivity index (χ0) is 18.4. The predicted molar refractivity (Wildman–Crippen MR) is 103 cm³/mol. The molecule has 0 spiro atoms. The number of nitrogens with one attached hydrogen (secondary N) is 1. The molecule has 0 radical (unpaired) electrons. The monoisotopic (exact) mass is 376 g/mol. The van der Waals surface area contributed by atoms with Crippen LogP contribution < -0.4 is 5.32 Å². The highest BCUT2D eigenvalue weighted by molar-refractivity contribution is 7.13. The number of carbonyl (C=O) groups is 1. The molecule has 0 aromatic carbocycles. The summed E-state index contributed by atoms with van der Waals surface area (Å²) in [5, 5.41) is 3.11. The Morgan fingerprint density at radius 1 is 1.46 bits per heavy atom. The fourth-order valence-electron chi connectivity index (χ4n) is 3.43. The minimum absolute atomic E-state index is 0.0512. The molecule has 3 heterocycles. The molecule has 0 aliphatic carbocycles. The van der Waals surface area contributed by atoms with E-state index in [1.807, 2.05) is 31.5 Å². The van der Waals surface area contributed by atoms with Gasteiger partial charge in [-0.25, -0.2) is 4.98 Å². The third-order valence-corrected chi connectivity index (χ3v) is 5.82. The summed E-state index contributed by atoms with van der Waals surface area (Å²) in [5.74, 6) is 1.63. The molecule has 1 unspecified atom stereocenters. The van der Waals surface area contributed by atoms with Crippen LogP contribution in [-0.2, 0) is 17.8 Å². The largest absolute Gasteiger partial charge is 0.383 e. The molecule has 1 atom stereocenters. The lowest BCUT2D eigenvalue weighted by Crippen LogP contribution is -2.40. The van der Waals surface area contributed by atoms with Crippen LogP contribution in [0.4, 0.5) is 0 Å². The Bertz CT molecular complexity index is 712. The number of aromatic nitrogens is 2. The van der Waals surface area contributed by atoms with Crippen molar-refractivity contribution in [3.8, 4) is 0 Å². The van der Waals surface area contributed by atoms with Crippen molar-refractivity contribution in [2.24, 2.45) is 5.92 Å². The van der Waals surface area contributed by atoms with E-state index in [9.17, 15) is 4.79 Å². The van der Waals surface area contributed by atoms with Crippen molar-refractivity contribution in [2.75, 3.05) is 33.4 Å². The maximum atomic E-state index is 12.2. The topological polar surface area (TPSA) is 59.4 Å². The van der Waals surface area contributed by atoms with Crippen molar-refractivity contribution in [2.45, 2.75) is 32.9 Å². The summed E-state index contributed by atoms with van der Waals surface area (Å²) in [5.41, 5.74) is 0. The zero-order valence-corrected chi connectivity index (χ0v) is 16.4. The number of aryl methyl sites for hydroxylation is 1. The van der Waals surface area contributed by atoms with E-state index in [2.05, 4.69) is 19.8 Å². The van der Waals surface area contributed by atoms with Crippen LogP contribution in [0.15, 0.2) is 24.5 Å². The van der Waals surface area contributed by atoms with E-state index >= 15 is 0 Å². The lowest BCUT2D eigenvalue weighted by molar-refractivity contribution is 0.0933. The molecule has 1 amide bonds. The van der Waals surface area contributed by atoms with Crippen molar-refractivity contribution >= 4 is 17.2 Å². The Hall–Kier alpha value is -1.70. The van der Waals surface area contributed by atoms with Gasteiger partial charge in [0.2, 0.25) is 0 Å². The number of piperidine rings is 1. The lowest BCUT2D eigenvalue weighted by atomic mass is 9.98. The first-order chi connectivity index (χ1) is 12.7. The summed E-state index contributed by atoms with van der Waals surface area (Å²) in [6.45, 7) is 7.23. The second kappa shape index (κ2) is 9.30. The van der Waals surface area contributed by atoms with Crippen LogP contribution in [0.3, 0.4) is 0 Å². The Labute approximate surface area is 159 Å². The number of likely N-dealkylation sites (tertiary alicyclic amines) is 1. The number of ether oxygens (including phenoxy) is 1. The molecule has 6 nitrogen and oxygen atoms in total. The highest BCUT2D eigenvalue weighted by Gasteiger charge is 2.22. The van der Waals surface area contributed by atoms with Gasteiger partial charge < -0.3 is 14.6 Å². The maximum Gasteiger partial charge on any atom is 0.261 e. The smallest absolute Gasteiger partial charge is 0.261 e. The van der Waals surface area contributed by atoms with Gasteiger partial charge in [0.25, 0.3) is 5.91 Å². The maximum absolute atomic E-state index is 12.2. The lowest BCUT2D eigenvalue weighted by Gasteiger charge is -2.32. The molecule has 1 N–H and O–H groups in total. The fourth-order valence-corrected chi connectivity index (χ4v) is 4.21. The predicted octanol–water partition coefficient (Wildman–Crippen LogP) is 2.54. The van der Waals surface area contributed by atoms with Gasteiger partial charge in [-0.3, -0.25) is 9.69 Å². The van der Waals surface area contributed by atoms with E-state index in [1.54, 1.807) is 18.4 Å². The molecule has 0 saturated carbocycles. The third-order valence-electron chi connectivity index (χ3n) is 4.82. The van der Waals surface area contributed by atoms with Gasteiger partial charge in [-0.2, -0.15) is 0 Å². The van der Waals surface area contributed by atoms with Crippen molar-refractivity contribution in [1.82, 2.24) is 19.8 Å². The number of hydrogen-bond donors (Lipinski definition) is 1. The number of nitrogens with zero attached hydrogens (tertiary/aromatic N) is 3. The van der Waals surface area contributed by atoms with Gasteiger partial charge in [-0.15, -0.1) is 11.3 Å². The Kier molecular flexibility index (Phi) is 6.82. The van der Waals surface area contributed by atoms with Gasteiger partial charge in [-0.05, 0) is 44.4 Å². The second-order valence-corrected chi connectivity index (χ2v) is 8.18. The standard InChI is InChI=1S/C19H28N4O2S/c1-15-5-6-17(26-15)19(24)21-12-16-4-3-8-22(13-16)14-18-20-7-9-23(18)10-11-25-2/h5-7,9,16H,3-4,8,10-14H2,1-2H3,(H,21,24). The summed E-state index contributed by atoms with van der Waals surface area (Å²) in [6, 6.07) is 3.90. The number of amides is 1. The van der Waals surface area contributed by atoms with Gasteiger partial charge in [0, 0.05) is 44.0 Å². The summed E-state index contributed by atoms with van der Waals surface area (Å²) >= 11 is 1.55. The van der Waals surface area contributed by atoms with Crippen molar-refractivity contribution in [3.05, 3.63) is 40.1 Å². The second-order valence-electron chi connectivity index (χ2n) is 6.89. The molecule has 7 heteroatoms. The van der Waals surface area contributed by atoms with Crippen molar-refractivity contribution in [3.63, 3.8) is 0 Å². The van der Waals surface area contributed by atoms with Crippen LogP contribution >= 0.6 is 11.3 Å². The van der Waals surface area contributed by atoms with Crippen LogP contribution in [0.2, 0.25) is 0 Å². The van der Waals surface area contributed by atoms with Gasteiger partial charge in [0.1, 0.15) is 5.82 Å². The Morgan fingerprint density at radius 2 is 2.35 bits per heavy atom. The fraction of sp³-hybridized carbons (Fsp3) is 0.579. The summed E-state index contributed by atoms with van der Waals surface area (Å²) in [6.07, 6.45) is 6.20. The van der Waals surface area contributed by atoms with Crippen LogP contribution in [0.5, 0.6) is 0 Å². The number of imidazole rings is 1. The minimum atomic E-state index is 0.0512. The molecule has 1 fully saturated rings.